The second kappa shape index (κ2) is 5.80. The normalized spacial score (nSPS) is 10.2. The van der Waals surface area contributed by atoms with Crippen LogP contribution >= 0.6 is 11.8 Å². The van der Waals surface area contributed by atoms with E-state index in [-0.39, 0.29) is 5.84 Å². The van der Waals surface area contributed by atoms with E-state index in [9.17, 15) is 0 Å². The van der Waals surface area contributed by atoms with Gasteiger partial charge in [-0.2, -0.15) is 0 Å². The average Bonchev–Trinajstić information content (AvgIpc) is 2.41. The van der Waals surface area contributed by atoms with Crippen molar-refractivity contribution in [2.24, 2.45) is 5.73 Å². The maximum absolute atomic E-state index is 7.67. The average molecular weight is 272 g/mol. The third-order valence-corrected chi connectivity index (χ3v) is 4.09. The maximum atomic E-state index is 7.67. The van der Waals surface area contributed by atoms with Crippen LogP contribution < -0.4 is 10.5 Å². The Bertz CT molecular complexity index is 611. The van der Waals surface area contributed by atoms with Crippen molar-refractivity contribution < 1.29 is 4.74 Å². The van der Waals surface area contributed by atoms with E-state index in [0.29, 0.717) is 0 Å². The molecule has 0 saturated carbocycles. The number of nitrogens with one attached hydrogen (secondary N) is 1. The molecule has 0 amide bonds. The largest absolute Gasteiger partial charge is 0.496 e. The number of nitrogen functional groups attached to an aromatic ring is 1. The quantitative estimate of drug-likeness (QED) is 0.662. The number of aryl methyl sites for hydroxylation is 1. The summed E-state index contributed by atoms with van der Waals surface area (Å²) in [7, 11) is 1.66. The molecule has 0 aliphatic carbocycles. The Morgan fingerprint density at radius 2 is 1.89 bits per heavy atom. The summed E-state index contributed by atoms with van der Waals surface area (Å²) in [6, 6.07) is 13.6. The number of benzene rings is 2. The first-order valence-corrected chi connectivity index (χ1v) is 6.70. The first-order chi connectivity index (χ1) is 9.13. The minimum Gasteiger partial charge on any atom is -0.496 e. The van der Waals surface area contributed by atoms with Crippen LogP contribution in [0.5, 0.6) is 5.75 Å². The molecule has 2 rings (SSSR count). The Morgan fingerprint density at radius 3 is 2.58 bits per heavy atom. The molecule has 2 aromatic rings. The van der Waals surface area contributed by atoms with E-state index in [1.54, 1.807) is 18.9 Å². The molecule has 0 radical (unpaired) electrons. The van der Waals surface area contributed by atoms with Gasteiger partial charge in [0, 0.05) is 10.5 Å². The van der Waals surface area contributed by atoms with Crippen LogP contribution in [0.2, 0.25) is 0 Å². The fraction of sp³-hybridized carbons (Fsp3) is 0.133. The summed E-state index contributed by atoms with van der Waals surface area (Å²) >= 11 is 1.57. The number of para-hydroxylation sites is 1. The number of rotatable bonds is 4. The van der Waals surface area contributed by atoms with Crippen LogP contribution in [0.1, 0.15) is 11.1 Å². The molecule has 3 N–H and O–H groups in total. The molecule has 0 aliphatic heterocycles. The van der Waals surface area contributed by atoms with Gasteiger partial charge in [-0.25, -0.2) is 0 Å². The summed E-state index contributed by atoms with van der Waals surface area (Å²) in [5.41, 5.74) is 7.51. The third-order valence-electron chi connectivity index (χ3n) is 2.78. The Kier molecular flexibility index (Phi) is 4.12. The highest BCUT2D eigenvalue weighted by atomic mass is 32.2. The minimum atomic E-state index is 0.0843. The molecular weight excluding hydrogens is 256 g/mol. The second-order valence-corrected chi connectivity index (χ2v) is 5.17. The lowest BCUT2D eigenvalue weighted by atomic mass is 10.1. The smallest absolute Gasteiger partial charge is 0.132 e. The van der Waals surface area contributed by atoms with Crippen molar-refractivity contribution in [1.29, 1.82) is 5.41 Å². The van der Waals surface area contributed by atoms with Gasteiger partial charge in [0.2, 0.25) is 0 Å². The molecule has 3 nitrogen and oxygen atoms in total. The van der Waals surface area contributed by atoms with Crippen LogP contribution in [0.3, 0.4) is 0 Å². The Hall–Kier alpha value is -1.94. The van der Waals surface area contributed by atoms with Gasteiger partial charge in [-0.05, 0) is 24.6 Å². The van der Waals surface area contributed by atoms with Gasteiger partial charge in [-0.15, -0.1) is 0 Å². The summed E-state index contributed by atoms with van der Waals surface area (Å²) in [4.78, 5) is 2.02. The number of methoxy groups -OCH3 is 1. The molecule has 0 aliphatic rings. The highest BCUT2D eigenvalue weighted by Gasteiger charge is 2.12. The van der Waals surface area contributed by atoms with Crippen molar-refractivity contribution in [3.8, 4) is 5.75 Å². The molecule has 4 heteroatoms. The first kappa shape index (κ1) is 13.5. The van der Waals surface area contributed by atoms with Crippen molar-refractivity contribution in [2.45, 2.75) is 16.7 Å². The predicted molar refractivity (Wildman–Crippen MR) is 79.3 cm³/mol. The Labute approximate surface area is 117 Å². The fourth-order valence-electron chi connectivity index (χ4n) is 1.81. The van der Waals surface area contributed by atoms with Crippen molar-refractivity contribution in [1.82, 2.24) is 0 Å². The molecule has 0 atom stereocenters. The topological polar surface area (TPSA) is 59.1 Å². The van der Waals surface area contributed by atoms with Crippen LogP contribution in [0.15, 0.2) is 52.3 Å². The van der Waals surface area contributed by atoms with Crippen LogP contribution in [-0.4, -0.2) is 12.9 Å². The highest BCUT2D eigenvalue weighted by molar-refractivity contribution is 7.99. The van der Waals surface area contributed by atoms with Gasteiger partial charge in [-0.3, -0.25) is 5.41 Å². The highest BCUT2D eigenvalue weighted by Crippen LogP contribution is 2.37. The lowest BCUT2D eigenvalue weighted by Crippen LogP contribution is -2.12. The molecular formula is C15H16N2OS. The lowest BCUT2D eigenvalue weighted by molar-refractivity contribution is 0.405. The number of ether oxygens (including phenoxy) is 1. The SMILES string of the molecule is COc1ccccc1Sc1c(C)cccc1C(=N)N. The summed E-state index contributed by atoms with van der Waals surface area (Å²) in [6.07, 6.45) is 0. The van der Waals surface area contributed by atoms with E-state index in [0.717, 1.165) is 26.7 Å². The fourth-order valence-corrected chi connectivity index (χ4v) is 2.95. The molecule has 0 saturated heterocycles. The van der Waals surface area contributed by atoms with Crippen LogP contribution in [-0.2, 0) is 0 Å². The van der Waals surface area contributed by atoms with Gasteiger partial charge >= 0.3 is 0 Å². The second-order valence-electron chi connectivity index (χ2n) is 4.12. The molecule has 0 heterocycles. The number of nitrogens with two attached hydrogens (primary N) is 1. The number of amidine groups is 1. The zero-order chi connectivity index (χ0) is 13.8. The molecule has 19 heavy (non-hydrogen) atoms. The molecule has 0 unspecified atom stereocenters. The molecule has 0 spiro atoms. The third kappa shape index (κ3) is 2.90. The van der Waals surface area contributed by atoms with Crippen molar-refractivity contribution in [2.75, 3.05) is 7.11 Å². The monoisotopic (exact) mass is 272 g/mol. The van der Waals surface area contributed by atoms with Crippen LogP contribution in [0.25, 0.3) is 0 Å². The van der Waals surface area contributed by atoms with E-state index in [1.165, 1.54) is 0 Å². The van der Waals surface area contributed by atoms with Crippen molar-refractivity contribution >= 4 is 17.6 Å². The minimum absolute atomic E-state index is 0.0843. The molecule has 0 aromatic heterocycles. The van der Waals surface area contributed by atoms with E-state index >= 15 is 0 Å². The van der Waals surface area contributed by atoms with Crippen LogP contribution in [0, 0.1) is 12.3 Å². The standard InChI is InChI=1S/C15H16N2OS/c1-10-6-5-7-11(15(16)17)14(10)19-13-9-4-3-8-12(13)18-2/h3-9H,1-2H3,(H3,16,17). The zero-order valence-corrected chi connectivity index (χ0v) is 11.8. The summed E-state index contributed by atoms with van der Waals surface area (Å²) in [5.74, 6) is 0.909. The maximum Gasteiger partial charge on any atom is 0.132 e. The summed E-state index contributed by atoms with van der Waals surface area (Å²) in [5, 5.41) is 7.67. The van der Waals surface area contributed by atoms with Gasteiger partial charge in [0.05, 0.1) is 12.0 Å². The van der Waals surface area contributed by atoms with Gasteiger partial charge in [0.15, 0.2) is 0 Å². The van der Waals surface area contributed by atoms with Crippen molar-refractivity contribution in [3.05, 3.63) is 53.6 Å². The lowest BCUT2D eigenvalue weighted by Gasteiger charge is -2.13. The number of hydrogen-bond acceptors (Lipinski definition) is 3. The van der Waals surface area contributed by atoms with E-state index in [4.69, 9.17) is 15.9 Å². The molecule has 98 valence electrons. The summed E-state index contributed by atoms with van der Waals surface area (Å²) < 4.78 is 5.35. The predicted octanol–water partition coefficient (Wildman–Crippen LogP) is 3.44. The first-order valence-electron chi connectivity index (χ1n) is 5.88. The summed E-state index contributed by atoms with van der Waals surface area (Å²) in [6.45, 7) is 2.02. The molecule has 0 bridgehead atoms. The van der Waals surface area contributed by atoms with Gasteiger partial charge in [0.1, 0.15) is 11.6 Å². The Balaban J connectivity index is 2.46. The molecule has 2 aromatic carbocycles. The number of hydrogen-bond donors (Lipinski definition) is 2. The van der Waals surface area contributed by atoms with E-state index in [2.05, 4.69) is 0 Å². The van der Waals surface area contributed by atoms with E-state index < -0.39 is 0 Å². The van der Waals surface area contributed by atoms with E-state index in [1.807, 2.05) is 49.4 Å². The van der Waals surface area contributed by atoms with Crippen LogP contribution in [0.4, 0.5) is 0 Å². The van der Waals surface area contributed by atoms with Gasteiger partial charge < -0.3 is 10.5 Å². The van der Waals surface area contributed by atoms with Crippen molar-refractivity contribution in [3.63, 3.8) is 0 Å². The zero-order valence-electron chi connectivity index (χ0n) is 10.9. The molecule has 0 fully saturated rings. The van der Waals surface area contributed by atoms with Gasteiger partial charge in [0.25, 0.3) is 0 Å². The van der Waals surface area contributed by atoms with Gasteiger partial charge in [-0.1, -0.05) is 42.1 Å². The Morgan fingerprint density at radius 1 is 1.16 bits per heavy atom.